The van der Waals surface area contributed by atoms with Crippen LogP contribution in [0.15, 0.2) is 23.2 Å². The van der Waals surface area contributed by atoms with E-state index in [4.69, 9.17) is 5.73 Å². The van der Waals surface area contributed by atoms with Crippen LogP contribution >= 0.6 is 0 Å². The van der Waals surface area contributed by atoms with Gasteiger partial charge in [0.1, 0.15) is 11.5 Å². The zero-order chi connectivity index (χ0) is 13.8. The number of hydrogen-bond acceptors (Lipinski definition) is 7. The summed E-state index contributed by atoms with van der Waals surface area (Å²) in [5.74, 6) is -1.36. The molecule has 0 unspecified atom stereocenters. The quantitative estimate of drug-likeness (QED) is 0.482. The van der Waals surface area contributed by atoms with E-state index in [-0.39, 0.29) is 4.90 Å². The van der Waals surface area contributed by atoms with Gasteiger partial charge in [0, 0.05) is 6.07 Å². The number of nitro groups is 1. The molecule has 1 aromatic rings. The first-order valence-electron chi connectivity index (χ1n) is 4.35. The Bertz CT molecular complexity index is 554. The normalized spacial score (nSPS) is 11.1. The Morgan fingerprint density at radius 1 is 1.56 bits per heavy atom. The Kier molecular flexibility index (Phi) is 4.25. The zero-order valence-electron chi connectivity index (χ0n) is 8.77. The second-order valence-corrected chi connectivity index (χ2v) is 4.60. The molecule has 3 N–H and O–H groups in total. The van der Waals surface area contributed by atoms with Crippen molar-refractivity contribution in [2.75, 3.05) is 6.61 Å². The van der Waals surface area contributed by atoms with Gasteiger partial charge in [-0.1, -0.05) is 4.89 Å². The number of carbonyl (C=O) groups excluding carboxylic acids is 1. The lowest BCUT2D eigenvalue weighted by Crippen LogP contribution is -2.29. The largest absolute Gasteiger partial charge is 0.368 e. The molecule has 98 valence electrons. The third-order valence-electron chi connectivity index (χ3n) is 1.60. The zero-order valence-corrected chi connectivity index (χ0v) is 9.59. The number of rotatable bonds is 6. The first-order chi connectivity index (χ1) is 8.33. The monoisotopic (exact) mass is 276 g/mol. The number of nitrogens with zero attached hydrogens (tertiary/aromatic N) is 2. The smallest absolute Gasteiger partial charge is 0.363 e. The second kappa shape index (κ2) is 5.48. The van der Waals surface area contributed by atoms with Crippen molar-refractivity contribution in [3.8, 4) is 0 Å². The molecule has 0 aliphatic rings. The van der Waals surface area contributed by atoms with E-state index in [9.17, 15) is 23.3 Å². The number of sulfonamides is 1. The lowest BCUT2D eigenvalue weighted by Gasteiger charge is -2.04. The number of hydrogen-bond donors (Lipinski definition) is 2. The van der Waals surface area contributed by atoms with Crippen LogP contribution in [0.3, 0.4) is 0 Å². The maximum Gasteiger partial charge on any atom is 0.363 e. The Balaban J connectivity index is 2.79. The van der Waals surface area contributed by atoms with Crippen molar-refractivity contribution in [2.45, 2.75) is 4.90 Å². The number of primary amides is 1. The van der Waals surface area contributed by atoms with Crippen molar-refractivity contribution in [3.05, 3.63) is 28.4 Å². The molecule has 0 bridgehead atoms. The van der Waals surface area contributed by atoms with E-state index in [0.29, 0.717) is 0 Å². The van der Waals surface area contributed by atoms with Crippen LogP contribution in [0, 0.1) is 10.1 Å². The van der Waals surface area contributed by atoms with Gasteiger partial charge in [-0.05, 0) is 16.0 Å². The molecule has 0 aliphatic carbocycles. The van der Waals surface area contributed by atoms with Crippen molar-refractivity contribution in [1.29, 1.82) is 0 Å². The molecule has 0 radical (unpaired) electrons. The summed E-state index contributed by atoms with van der Waals surface area (Å²) in [6.07, 6.45) is 0.786. The van der Waals surface area contributed by atoms with Crippen molar-refractivity contribution in [3.63, 3.8) is 0 Å². The van der Waals surface area contributed by atoms with Gasteiger partial charge in [-0.2, -0.15) is 0 Å². The van der Waals surface area contributed by atoms with Crippen LogP contribution in [-0.2, 0) is 19.7 Å². The molecule has 1 amide bonds. The minimum absolute atomic E-state index is 0.349. The van der Waals surface area contributed by atoms with Crippen molar-refractivity contribution in [2.24, 2.45) is 5.73 Å². The van der Waals surface area contributed by atoms with Crippen LogP contribution in [0.1, 0.15) is 0 Å². The third-order valence-corrected chi connectivity index (χ3v) is 2.80. The van der Waals surface area contributed by atoms with Crippen LogP contribution in [0.2, 0.25) is 0 Å². The summed E-state index contributed by atoms with van der Waals surface area (Å²) in [7, 11) is -4.06. The lowest BCUT2D eigenvalue weighted by molar-refractivity contribution is -0.389. The van der Waals surface area contributed by atoms with Crippen molar-refractivity contribution < 1.29 is 23.0 Å². The van der Waals surface area contributed by atoms with Crippen LogP contribution < -0.4 is 10.6 Å². The molecular weight excluding hydrogens is 268 g/mol. The van der Waals surface area contributed by atoms with Gasteiger partial charge in [-0.15, -0.1) is 0 Å². The molecule has 1 aromatic heterocycles. The van der Waals surface area contributed by atoms with Gasteiger partial charge in [0.2, 0.25) is 5.91 Å². The minimum Gasteiger partial charge on any atom is -0.368 e. The summed E-state index contributed by atoms with van der Waals surface area (Å²) in [5.41, 5.74) is 4.73. The molecule has 0 fully saturated rings. The molecule has 10 nitrogen and oxygen atoms in total. The fourth-order valence-electron chi connectivity index (χ4n) is 0.866. The maximum atomic E-state index is 11.5. The maximum absolute atomic E-state index is 11.5. The highest BCUT2D eigenvalue weighted by atomic mass is 32.2. The molecule has 0 saturated heterocycles. The Hall–Kier alpha value is -2.11. The lowest BCUT2D eigenvalue weighted by atomic mass is 10.5. The third kappa shape index (κ3) is 3.73. The van der Waals surface area contributed by atoms with E-state index >= 15 is 0 Å². The summed E-state index contributed by atoms with van der Waals surface area (Å²) in [4.78, 5) is 28.8. The molecule has 0 saturated carbocycles. The number of amides is 1. The van der Waals surface area contributed by atoms with E-state index < -0.39 is 33.3 Å². The molecule has 1 rings (SSSR count). The molecule has 0 spiro atoms. The molecule has 0 aromatic carbocycles. The first kappa shape index (κ1) is 14.0. The molecule has 11 heteroatoms. The Labute approximate surface area is 101 Å². The number of carbonyl (C=O) groups is 1. The summed E-state index contributed by atoms with van der Waals surface area (Å²) in [6, 6.07) is 1.89. The van der Waals surface area contributed by atoms with Gasteiger partial charge in [0.15, 0.2) is 6.20 Å². The highest BCUT2D eigenvalue weighted by Crippen LogP contribution is 2.11. The van der Waals surface area contributed by atoms with Crippen LogP contribution in [0.25, 0.3) is 0 Å². The van der Waals surface area contributed by atoms with Gasteiger partial charge >= 0.3 is 5.82 Å². The van der Waals surface area contributed by atoms with E-state index in [1.165, 1.54) is 0 Å². The molecular formula is C7H8N4O6S. The molecule has 0 atom stereocenters. The summed E-state index contributed by atoms with van der Waals surface area (Å²) >= 11 is 0. The topological polar surface area (TPSA) is 155 Å². The standard InChI is InChI=1S/C7H8N4O6S/c8-6(12)4-17-10-18(15,16)5-1-2-7(9-3-5)11(13)14/h1-3,10H,4H2,(H2,8,12). The predicted molar refractivity (Wildman–Crippen MR) is 56.4 cm³/mol. The van der Waals surface area contributed by atoms with Crippen LogP contribution in [0.5, 0.6) is 0 Å². The van der Waals surface area contributed by atoms with E-state index in [1.54, 1.807) is 4.89 Å². The van der Waals surface area contributed by atoms with Gasteiger partial charge < -0.3 is 15.8 Å². The Morgan fingerprint density at radius 3 is 2.67 bits per heavy atom. The summed E-state index contributed by atoms with van der Waals surface area (Å²) in [5, 5.41) is 10.3. The fraction of sp³-hybridized carbons (Fsp3) is 0.143. The minimum atomic E-state index is -4.06. The van der Waals surface area contributed by atoms with Gasteiger partial charge in [0.05, 0.1) is 0 Å². The van der Waals surface area contributed by atoms with E-state index in [1.807, 2.05) is 0 Å². The fourth-order valence-corrected chi connectivity index (χ4v) is 1.61. The van der Waals surface area contributed by atoms with Crippen LogP contribution in [0.4, 0.5) is 5.82 Å². The van der Waals surface area contributed by atoms with Crippen molar-refractivity contribution in [1.82, 2.24) is 9.87 Å². The van der Waals surface area contributed by atoms with Crippen molar-refractivity contribution >= 4 is 21.7 Å². The predicted octanol–water partition coefficient (Wildman–Crippen LogP) is -1.31. The number of nitrogens with two attached hydrogens (primary N) is 1. The summed E-state index contributed by atoms with van der Waals surface area (Å²) < 4.78 is 23.0. The number of aromatic nitrogens is 1. The van der Waals surface area contributed by atoms with E-state index in [2.05, 4.69) is 9.82 Å². The Morgan fingerprint density at radius 2 is 2.22 bits per heavy atom. The molecule has 18 heavy (non-hydrogen) atoms. The average Bonchev–Trinajstić information content (AvgIpc) is 2.28. The average molecular weight is 276 g/mol. The summed E-state index contributed by atoms with van der Waals surface area (Å²) in [6.45, 7) is -0.639. The highest BCUT2D eigenvalue weighted by Gasteiger charge is 2.18. The highest BCUT2D eigenvalue weighted by molar-refractivity contribution is 7.89. The number of nitrogens with one attached hydrogen (secondary N) is 1. The number of pyridine rings is 1. The van der Waals surface area contributed by atoms with E-state index in [0.717, 1.165) is 18.3 Å². The molecule has 1 heterocycles. The SMILES string of the molecule is NC(=O)CONS(=O)(=O)c1ccc([N+](=O)[O-])nc1. The van der Waals surface area contributed by atoms with Gasteiger partial charge in [-0.3, -0.25) is 9.63 Å². The first-order valence-corrected chi connectivity index (χ1v) is 5.83. The molecule has 0 aliphatic heterocycles. The van der Waals surface area contributed by atoms with Gasteiger partial charge in [-0.25, -0.2) is 8.42 Å². The van der Waals surface area contributed by atoms with Gasteiger partial charge in [0.25, 0.3) is 10.0 Å². The second-order valence-electron chi connectivity index (χ2n) is 2.95. The van der Waals surface area contributed by atoms with Crippen LogP contribution in [-0.4, -0.2) is 30.8 Å².